The molecule has 2 aromatic rings. The van der Waals surface area contributed by atoms with Crippen molar-refractivity contribution >= 4 is 5.97 Å². The average Bonchev–Trinajstić information content (AvgIpc) is 2.47. The van der Waals surface area contributed by atoms with E-state index in [1.54, 1.807) is 18.2 Å². The molecule has 0 aromatic heterocycles. The molecule has 0 amide bonds. The molecular formula is C15H12F2O3. The van der Waals surface area contributed by atoms with E-state index in [1.165, 1.54) is 24.3 Å². The van der Waals surface area contributed by atoms with Gasteiger partial charge in [0.15, 0.2) is 0 Å². The quantitative estimate of drug-likeness (QED) is 0.904. The van der Waals surface area contributed by atoms with Gasteiger partial charge in [0.05, 0.1) is 0 Å². The number of carbonyl (C=O) groups is 1. The van der Waals surface area contributed by atoms with Crippen LogP contribution in [0, 0.1) is 0 Å². The monoisotopic (exact) mass is 278 g/mol. The maximum Gasteiger partial charge on any atom is 0.345 e. The Kier molecular flexibility index (Phi) is 3.81. The molecule has 0 fully saturated rings. The van der Waals surface area contributed by atoms with Gasteiger partial charge in [-0.05, 0) is 11.1 Å². The summed E-state index contributed by atoms with van der Waals surface area (Å²) in [5.41, 5.74) is -2.30. The van der Waals surface area contributed by atoms with E-state index in [9.17, 15) is 23.8 Å². The second-order valence-corrected chi connectivity index (χ2v) is 4.30. The van der Waals surface area contributed by atoms with Crippen LogP contribution in [-0.4, -0.2) is 16.2 Å². The van der Waals surface area contributed by atoms with Gasteiger partial charge < -0.3 is 10.2 Å². The van der Waals surface area contributed by atoms with Crippen molar-refractivity contribution in [3.8, 4) is 0 Å². The average molecular weight is 278 g/mol. The van der Waals surface area contributed by atoms with Crippen molar-refractivity contribution in [2.75, 3.05) is 0 Å². The predicted octanol–water partition coefficient (Wildman–Crippen LogP) is 2.94. The van der Waals surface area contributed by atoms with E-state index in [2.05, 4.69) is 0 Å². The fourth-order valence-electron chi connectivity index (χ4n) is 1.96. The van der Waals surface area contributed by atoms with Crippen LogP contribution in [0.1, 0.15) is 23.1 Å². The van der Waals surface area contributed by atoms with E-state index in [-0.39, 0.29) is 16.7 Å². The van der Waals surface area contributed by atoms with Gasteiger partial charge in [-0.3, -0.25) is 0 Å². The Labute approximate surface area is 114 Å². The summed E-state index contributed by atoms with van der Waals surface area (Å²) in [6.07, 6.45) is -2.64. The molecule has 5 heteroatoms. The highest BCUT2D eigenvalue weighted by molar-refractivity contribution is 5.83. The molecule has 2 N–H and O–H groups in total. The molecule has 0 heterocycles. The third kappa shape index (κ3) is 2.40. The number of aliphatic carboxylic acids is 1. The molecule has 0 bridgehead atoms. The largest absolute Gasteiger partial charge is 0.479 e. The van der Waals surface area contributed by atoms with Crippen molar-refractivity contribution < 1.29 is 23.8 Å². The maximum atomic E-state index is 12.5. The van der Waals surface area contributed by atoms with Crippen LogP contribution in [0.2, 0.25) is 0 Å². The van der Waals surface area contributed by atoms with E-state index in [1.807, 2.05) is 0 Å². The minimum atomic E-state index is -2.64. The van der Waals surface area contributed by atoms with Gasteiger partial charge >= 0.3 is 5.97 Å². The summed E-state index contributed by atoms with van der Waals surface area (Å²) >= 11 is 0. The molecular weight excluding hydrogens is 266 g/mol. The van der Waals surface area contributed by atoms with E-state index in [0.29, 0.717) is 0 Å². The molecule has 0 aliphatic rings. The van der Waals surface area contributed by atoms with Gasteiger partial charge in [0.1, 0.15) is 0 Å². The number of aliphatic hydroxyl groups is 1. The Morgan fingerprint density at radius 1 is 0.950 bits per heavy atom. The Morgan fingerprint density at radius 2 is 1.45 bits per heavy atom. The fraction of sp³-hybridized carbons (Fsp3) is 0.133. The molecule has 0 aliphatic heterocycles. The smallest absolute Gasteiger partial charge is 0.345 e. The topological polar surface area (TPSA) is 57.5 Å². The number of rotatable bonds is 4. The standard InChI is InChI=1S/C15H12F2O3/c16-13(17)10-6-8-12(9-7-10)15(20,14(18)19)11-4-2-1-3-5-11/h1-9,13,20H,(H,18,19). The third-order valence-electron chi connectivity index (χ3n) is 3.08. The van der Waals surface area contributed by atoms with Gasteiger partial charge in [0.25, 0.3) is 6.43 Å². The molecule has 0 saturated carbocycles. The second-order valence-electron chi connectivity index (χ2n) is 4.30. The van der Waals surface area contributed by atoms with Crippen LogP contribution in [0.25, 0.3) is 0 Å². The summed E-state index contributed by atoms with van der Waals surface area (Å²) in [4.78, 5) is 11.4. The second kappa shape index (κ2) is 5.38. The molecule has 1 atom stereocenters. The lowest BCUT2D eigenvalue weighted by molar-refractivity contribution is -0.155. The predicted molar refractivity (Wildman–Crippen MR) is 68.5 cm³/mol. The first-order valence-electron chi connectivity index (χ1n) is 5.86. The first kappa shape index (κ1) is 14.1. The SMILES string of the molecule is O=C(O)C(O)(c1ccccc1)c1ccc(C(F)F)cc1. The fourth-order valence-corrected chi connectivity index (χ4v) is 1.96. The van der Waals surface area contributed by atoms with Crippen molar-refractivity contribution in [2.24, 2.45) is 0 Å². The van der Waals surface area contributed by atoms with Gasteiger partial charge in [-0.15, -0.1) is 0 Å². The van der Waals surface area contributed by atoms with Gasteiger partial charge in [0.2, 0.25) is 5.60 Å². The summed E-state index contributed by atoms with van der Waals surface area (Å²) in [6.45, 7) is 0. The van der Waals surface area contributed by atoms with Crippen molar-refractivity contribution in [3.63, 3.8) is 0 Å². The van der Waals surface area contributed by atoms with Gasteiger partial charge in [-0.25, -0.2) is 13.6 Å². The van der Waals surface area contributed by atoms with Crippen molar-refractivity contribution in [2.45, 2.75) is 12.0 Å². The Morgan fingerprint density at radius 3 is 1.90 bits per heavy atom. The molecule has 20 heavy (non-hydrogen) atoms. The van der Waals surface area contributed by atoms with E-state index in [0.717, 1.165) is 12.1 Å². The zero-order valence-corrected chi connectivity index (χ0v) is 10.3. The summed E-state index contributed by atoms with van der Waals surface area (Å²) in [6, 6.07) is 12.4. The number of hydrogen-bond donors (Lipinski definition) is 2. The van der Waals surface area contributed by atoms with Crippen molar-refractivity contribution in [1.29, 1.82) is 0 Å². The first-order valence-corrected chi connectivity index (χ1v) is 5.86. The summed E-state index contributed by atoms with van der Waals surface area (Å²) in [7, 11) is 0. The molecule has 0 spiro atoms. The van der Waals surface area contributed by atoms with Crippen LogP contribution in [0.3, 0.4) is 0 Å². The molecule has 3 nitrogen and oxygen atoms in total. The molecule has 104 valence electrons. The number of alkyl halides is 2. The Balaban J connectivity index is 2.51. The minimum absolute atomic E-state index is 0.0283. The molecule has 0 radical (unpaired) electrons. The van der Waals surface area contributed by atoms with Gasteiger partial charge in [0, 0.05) is 5.56 Å². The summed E-state index contributed by atoms with van der Waals surface area (Å²) < 4.78 is 25.0. The lowest BCUT2D eigenvalue weighted by atomic mass is 9.86. The van der Waals surface area contributed by atoms with Gasteiger partial charge in [-0.2, -0.15) is 0 Å². The van der Waals surface area contributed by atoms with Crippen molar-refractivity contribution in [1.82, 2.24) is 0 Å². The maximum absolute atomic E-state index is 12.5. The minimum Gasteiger partial charge on any atom is -0.479 e. The highest BCUT2D eigenvalue weighted by Gasteiger charge is 2.40. The van der Waals surface area contributed by atoms with E-state index >= 15 is 0 Å². The zero-order valence-electron chi connectivity index (χ0n) is 10.3. The summed E-state index contributed by atoms with van der Waals surface area (Å²) in [5, 5.41) is 19.8. The highest BCUT2D eigenvalue weighted by atomic mass is 19.3. The number of hydrogen-bond acceptors (Lipinski definition) is 2. The molecule has 0 aliphatic carbocycles. The van der Waals surface area contributed by atoms with Crippen LogP contribution < -0.4 is 0 Å². The molecule has 0 saturated heterocycles. The third-order valence-corrected chi connectivity index (χ3v) is 3.08. The molecule has 2 rings (SSSR count). The lowest BCUT2D eigenvalue weighted by Gasteiger charge is -2.24. The van der Waals surface area contributed by atoms with Crippen LogP contribution in [0.15, 0.2) is 54.6 Å². The number of halogens is 2. The Hall–Kier alpha value is -2.27. The lowest BCUT2D eigenvalue weighted by Crippen LogP contribution is -2.36. The van der Waals surface area contributed by atoms with Crippen LogP contribution >= 0.6 is 0 Å². The Bertz CT molecular complexity index is 596. The normalized spacial score (nSPS) is 14.0. The van der Waals surface area contributed by atoms with Gasteiger partial charge in [-0.1, -0.05) is 54.6 Å². The van der Waals surface area contributed by atoms with Crippen LogP contribution in [0.5, 0.6) is 0 Å². The summed E-state index contributed by atoms with van der Waals surface area (Å²) in [5.74, 6) is -1.46. The number of carboxylic acid groups (broad SMARTS) is 1. The number of benzene rings is 2. The number of carboxylic acids is 1. The highest BCUT2D eigenvalue weighted by Crippen LogP contribution is 2.31. The molecule has 2 aromatic carbocycles. The van der Waals surface area contributed by atoms with E-state index < -0.39 is 18.0 Å². The zero-order chi connectivity index (χ0) is 14.8. The van der Waals surface area contributed by atoms with E-state index in [4.69, 9.17) is 0 Å². The van der Waals surface area contributed by atoms with Crippen LogP contribution in [-0.2, 0) is 10.4 Å². The first-order chi connectivity index (χ1) is 9.46. The van der Waals surface area contributed by atoms with Crippen LogP contribution in [0.4, 0.5) is 8.78 Å². The molecule has 1 unspecified atom stereocenters. The van der Waals surface area contributed by atoms with Crippen molar-refractivity contribution in [3.05, 3.63) is 71.3 Å².